The molecule has 0 aromatic heterocycles. The molecule has 1 atom stereocenters. The lowest BCUT2D eigenvalue weighted by molar-refractivity contribution is -0.124. The predicted molar refractivity (Wildman–Crippen MR) is 81.7 cm³/mol. The number of likely N-dealkylation sites (N-methyl/N-ethyl adjacent to an activating group) is 1. The molecular weight excluding hydrogens is 250 g/mol. The van der Waals surface area contributed by atoms with Crippen LogP contribution in [-0.2, 0) is 11.2 Å². The van der Waals surface area contributed by atoms with Crippen LogP contribution in [0.2, 0.25) is 0 Å². The maximum Gasteiger partial charge on any atom is 0.258 e. The van der Waals surface area contributed by atoms with Crippen molar-refractivity contribution in [2.24, 2.45) is 0 Å². The molecule has 0 saturated heterocycles. The fourth-order valence-corrected chi connectivity index (χ4v) is 3.13. The van der Waals surface area contributed by atoms with E-state index in [-0.39, 0.29) is 17.7 Å². The number of rotatable bonds is 3. The Kier molecular flexibility index (Phi) is 3.89. The van der Waals surface area contributed by atoms with Crippen LogP contribution in [0.1, 0.15) is 43.0 Å². The summed E-state index contributed by atoms with van der Waals surface area (Å²) in [5, 5.41) is 10.4. The maximum absolute atomic E-state index is 12.6. The van der Waals surface area contributed by atoms with Crippen molar-refractivity contribution in [3.8, 4) is 0 Å². The monoisotopic (exact) mass is 273 g/mol. The molecule has 2 rings (SSSR count). The Hall–Kier alpha value is -1.77. The van der Waals surface area contributed by atoms with E-state index >= 15 is 0 Å². The van der Waals surface area contributed by atoms with E-state index in [1.165, 1.54) is 5.56 Å². The third-order valence-electron chi connectivity index (χ3n) is 4.13. The molecule has 1 aromatic carbocycles. The molecule has 0 fully saturated rings. The number of benzene rings is 1. The summed E-state index contributed by atoms with van der Waals surface area (Å²) in [6.45, 7) is 10.6. The molecule has 0 saturated carbocycles. The average molecular weight is 273 g/mol. The fraction of sp³-hybridized carbons (Fsp3) is 0.471. The van der Waals surface area contributed by atoms with Crippen molar-refractivity contribution in [1.29, 1.82) is 0 Å². The lowest BCUT2D eigenvalue weighted by atomic mass is 9.91. The highest BCUT2D eigenvalue weighted by molar-refractivity contribution is 6.23. The Morgan fingerprint density at radius 3 is 2.40 bits per heavy atom. The number of aryl methyl sites for hydroxylation is 3. The molecule has 0 spiro atoms. The first-order valence-electron chi connectivity index (χ1n) is 7.26. The van der Waals surface area contributed by atoms with Gasteiger partial charge < -0.3 is 10.0 Å². The van der Waals surface area contributed by atoms with Crippen molar-refractivity contribution in [2.45, 2.75) is 47.1 Å². The van der Waals surface area contributed by atoms with Gasteiger partial charge in [0.05, 0.1) is 11.6 Å². The Morgan fingerprint density at radius 1 is 1.25 bits per heavy atom. The molecule has 3 nitrogen and oxygen atoms in total. The Morgan fingerprint density at radius 2 is 1.90 bits per heavy atom. The molecule has 20 heavy (non-hydrogen) atoms. The standard InChI is InChI=1S/C17H23NO2/c1-6-13-9-10(3)8-11(4)14(13)15-16(19)12(5)18(7-2)17(15)20/h8-9,12,19H,6-7H2,1-5H3. The van der Waals surface area contributed by atoms with E-state index in [2.05, 4.69) is 26.0 Å². The molecule has 1 aliphatic heterocycles. The van der Waals surface area contributed by atoms with Gasteiger partial charge >= 0.3 is 0 Å². The number of nitrogens with zero attached hydrogens (tertiary/aromatic N) is 1. The van der Waals surface area contributed by atoms with Crippen LogP contribution < -0.4 is 0 Å². The van der Waals surface area contributed by atoms with E-state index in [4.69, 9.17) is 0 Å². The van der Waals surface area contributed by atoms with Gasteiger partial charge in [-0.2, -0.15) is 0 Å². The van der Waals surface area contributed by atoms with Gasteiger partial charge in [0.2, 0.25) is 0 Å². The number of aliphatic hydroxyl groups excluding tert-OH is 1. The summed E-state index contributed by atoms with van der Waals surface area (Å²) < 4.78 is 0. The molecule has 0 radical (unpaired) electrons. The number of carbonyl (C=O) groups excluding carboxylic acids is 1. The SMILES string of the molecule is CCc1cc(C)cc(C)c1C1=C(O)C(C)N(CC)C1=O. The summed E-state index contributed by atoms with van der Waals surface area (Å²) in [7, 11) is 0. The highest BCUT2D eigenvalue weighted by Crippen LogP contribution is 2.35. The number of carbonyl (C=O) groups is 1. The topological polar surface area (TPSA) is 40.5 Å². The lowest BCUT2D eigenvalue weighted by Gasteiger charge is -2.20. The average Bonchev–Trinajstić information content (AvgIpc) is 2.60. The van der Waals surface area contributed by atoms with Crippen LogP contribution in [0.25, 0.3) is 5.57 Å². The molecular formula is C17H23NO2. The Balaban J connectivity index is 2.65. The van der Waals surface area contributed by atoms with E-state index in [9.17, 15) is 9.90 Å². The molecule has 1 N–H and O–H groups in total. The zero-order valence-corrected chi connectivity index (χ0v) is 12.9. The summed E-state index contributed by atoms with van der Waals surface area (Å²) in [5.41, 5.74) is 4.79. The first kappa shape index (κ1) is 14.6. The summed E-state index contributed by atoms with van der Waals surface area (Å²) in [4.78, 5) is 14.3. The minimum absolute atomic E-state index is 0.0563. The van der Waals surface area contributed by atoms with Crippen LogP contribution >= 0.6 is 0 Å². The van der Waals surface area contributed by atoms with Gasteiger partial charge in [-0.15, -0.1) is 0 Å². The highest BCUT2D eigenvalue weighted by Gasteiger charge is 2.37. The highest BCUT2D eigenvalue weighted by atomic mass is 16.3. The van der Waals surface area contributed by atoms with Crippen molar-refractivity contribution < 1.29 is 9.90 Å². The molecule has 0 bridgehead atoms. The van der Waals surface area contributed by atoms with E-state index in [1.54, 1.807) is 4.90 Å². The number of hydrogen-bond donors (Lipinski definition) is 1. The van der Waals surface area contributed by atoms with Gasteiger partial charge in [-0.1, -0.05) is 24.6 Å². The molecule has 0 aliphatic carbocycles. The second-order valence-electron chi connectivity index (χ2n) is 5.50. The van der Waals surface area contributed by atoms with Crippen LogP contribution in [-0.4, -0.2) is 28.5 Å². The second kappa shape index (κ2) is 5.31. The van der Waals surface area contributed by atoms with E-state index in [0.717, 1.165) is 23.1 Å². The zero-order chi connectivity index (χ0) is 15.0. The van der Waals surface area contributed by atoms with Crippen LogP contribution in [0.4, 0.5) is 0 Å². The Bertz CT molecular complexity index is 587. The summed E-state index contributed by atoms with van der Waals surface area (Å²) in [6.07, 6.45) is 0.850. The molecule has 1 aromatic rings. The van der Waals surface area contributed by atoms with Crippen LogP contribution in [0.5, 0.6) is 0 Å². The van der Waals surface area contributed by atoms with Crippen LogP contribution in [0, 0.1) is 13.8 Å². The smallest absolute Gasteiger partial charge is 0.258 e. The van der Waals surface area contributed by atoms with Gasteiger partial charge in [-0.05, 0) is 50.8 Å². The molecule has 108 valence electrons. The zero-order valence-electron chi connectivity index (χ0n) is 12.9. The summed E-state index contributed by atoms with van der Waals surface area (Å²) in [6, 6.07) is 3.95. The van der Waals surface area contributed by atoms with Crippen LogP contribution in [0.3, 0.4) is 0 Å². The second-order valence-corrected chi connectivity index (χ2v) is 5.50. The third kappa shape index (κ3) is 2.11. The lowest BCUT2D eigenvalue weighted by Crippen LogP contribution is -2.33. The summed E-state index contributed by atoms with van der Waals surface area (Å²) in [5.74, 6) is 0.151. The van der Waals surface area contributed by atoms with Gasteiger partial charge in [0, 0.05) is 6.54 Å². The van der Waals surface area contributed by atoms with E-state index < -0.39 is 0 Å². The van der Waals surface area contributed by atoms with Crippen molar-refractivity contribution in [3.05, 3.63) is 40.1 Å². The van der Waals surface area contributed by atoms with Crippen molar-refractivity contribution in [1.82, 2.24) is 4.90 Å². The van der Waals surface area contributed by atoms with E-state index in [1.807, 2.05) is 20.8 Å². The normalized spacial score (nSPS) is 19.1. The molecule has 1 aliphatic rings. The quantitative estimate of drug-likeness (QED) is 0.917. The van der Waals surface area contributed by atoms with Gasteiger partial charge in [0.15, 0.2) is 0 Å². The summed E-state index contributed by atoms with van der Waals surface area (Å²) >= 11 is 0. The van der Waals surface area contributed by atoms with Crippen LogP contribution in [0.15, 0.2) is 17.9 Å². The molecule has 3 heteroatoms. The van der Waals surface area contributed by atoms with Crippen molar-refractivity contribution in [2.75, 3.05) is 6.54 Å². The van der Waals surface area contributed by atoms with Gasteiger partial charge in [-0.3, -0.25) is 4.79 Å². The molecule has 1 heterocycles. The molecule has 1 unspecified atom stereocenters. The predicted octanol–water partition coefficient (Wildman–Crippen LogP) is 3.39. The third-order valence-corrected chi connectivity index (χ3v) is 4.13. The van der Waals surface area contributed by atoms with Gasteiger partial charge in [0.25, 0.3) is 5.91 Å². The van der Waals surface area contributed by atoms with E-state index in [0.29, 0.717) is 12.1 Å². The fourth-order valence-electron chi connectivity index (χ4n) is 3.13. The molecule has 1 amide bonds. The number of hydrogen-bond acceptors (Lipinski definition) is 2. The van der Waals surface area contributed by atoms with Crippen molar-refractivity contribution in [3.63, 3.8) is 0 Å². The van der Waals surface area contributed by atoms with Gasteiger partial charge in [-0.25, -0.2) is 0 Å². The number of aliphatic hydroxyl groups is 1. The minimum Gasteiger partial charge on any atom is -0.509 e. The Labute approximate surface area is 120 Å². The minimum atomic E-state index is -0.229. The van der Waals surface area contributed by atoms with Crippen molar-refractivity contribution >= 4 is 11.5 Å². The maximum atomic E-state index is 12.6. The largest absolute Gasteiger partial charge is 0.509 e. The first-order chi connectivity index (χ1) is 9.42. The van der Waals surface area contributed by atoms with Gasteiger partial charge in [0.1, 0.15) is 5.76 Å². The first-order valence-corrected chi connectivity index (χ1v) is 7.26. The number of amides is 1.